The Morgan fingerprint density at radius 2 is 1.94 bits per heavy atom. The number of nitrogens with one attached hydrogen (secondary N) is 1. The number of methoxy groups -OCH3 is 1. The lowest BCUT2D eigenvalue weighted by molar-refractivity contribution is 0.278. The van der Waals surface area contributed by atoms with Gasteiger partial charge in [0.15, 0.2) is 0 Å². The zero-order valence-corrected chi connectivity index (χ0v) is 11.3. The molecular formula is C14H17NO2S. The molecule has 1 aromatic heterocycles. The van der Waals surface area contributed by atoms with Crippen LogP contribution in [0.3, 0.4) is 0 Å². The van der Waals surface area contributed by atoms with Crippen LogP contribution in [-0.2, 0) is 0 Å². The van der Waals surface area contributed by atoms with Crippen LogP contribution in [0.5, 0.6) is 5.75 Å². The van der Waals surface area contributed by atoms with Gasteiger partial charge < -0.3 is 15.2 Å². The Morgan fingerprint density at radius 1 is 1.22 bits per heavy atom. The maximum Gasteiger partial charge on any atom is 0.119 e. The Hall–Kier alpha value is -1.52. The van der Waals surface area contributed by atoms with E-state index in [0.717, 1.165) is 16.3 Å². The monoisotopic (exact) mass is 263 g/mol. The maximum absolute atomic E-state index is 9.47. The summed E-state index contributed by atoms with van der Waals surface area (Å²) >= 11 is 1.70. The molecule has 0 amide bonds. The zero-order valence-electron chi connectivity index (χ0n) is 10.5. The summed E-state index contributed by atoms with van der Waals surface area (Å²) in [5.41, 5.74) is 0.973. The van der Waals surface area contributed by atoms with Crippen LogP contribution in [0.2, 0.25) is 0 Å². The van der Waals surface area contributed by atoms with Crippen molar-refractivity contribution < 1.29 is 9.84 Å². The first-order valence-electron chi connectivity index (χ1n) is 5.80. The highest BCUT2D eigenvalue weighted by atomic mass is 32.1. The molecule has 0 bridgehead atoms. The second-order valence-corrected chi connectivity index (χ2v) is 5.38. The Balaban J connectivity index is 2.10. The van der Waals surface area contributed by atoms with Gasteiger partial charge in [-0.25, -0.2) is 0 Å². The van der Waals surface area contributed by atoms with Crippen molar-refractivity contribution in [2.45, 2.75) is 13.0 Å². The summed E-state index contributed by atoms with van der Waals surface area (Å²) in [4.78, 5) is 2.39. The standard InChI is InChI=1S/C14H17NO2S/c1-10-3-8-14(18-10)13(9-16)15-11-4-6-12(17-2)7-5-11/h3-8,13,15-16H,9H2,1-2H3. The minimum absolute atomic E-state index is 0.0582. The summed E-state index contributed by atoms with van der Waals surface area (Å²) in [6.45, 7) is 2.14. The van der Waals surface area contributed by atoms with Crippen molar-refractivity contribution in [1.82, 2.24) is 0 Å². The van der Waals surface area contributed by atoms with E-state index < -0.39 is 0 Å². The Morgan fingerprint density at radius 3 is 2.44 bits per heavy atom. The maximum atomic E-state index is 9.47. The first-order chi connectivity index (χ1) is 8.72. The fraction of sp³-hybridized carbons (Fsp3) is 0.286. The molecule has 0 saturated heterocycles. The van der Waals surface area contributed by atoms with Gasteiger partial charge in [0.25, 0.3) is 0 Å². The Labute approximate surface area is 111 Å². The molecule has 0 spiro atoms. The van der Waals surface area contributed by atoms with Gasteiger partial charge in [0.2, 0.25) is 0 Å². The third-order valence-electron chi connectivity index (χ3n) is 2.72. The molecule has 18 heavy (non-hydrogen) atoms. The zero-order chi connectivity index (χ0) is 13.0. The lowest BCUT2D eigenvalue weighted by atomic mass is 10.2. The number of hydrogen-bond donors (Lipinski definition) is 2. The van der Waals surface area contributed by atoms with Gasteiger partial charge in [0.1, 0.15) is 5.75 Å². The van der Waals surface area contributed by atoms with E-state index in [1.54, 1.807) is 18.4 Å². The van der Waals surface area contributed by atoms with Gasteiger partial charge >= 0.3 is 0 Å². The molecule has 4 heteroatoms. The number of aliphatic hydroxyl groups is 1. The Bertz CT molecular complexity index is 493. The lowest BCUT2D eigenvalue weighted by Gasteiger charge is -2.16. The van der Waals surface area contributed by atoms with E-state index in [0.29, 0.717) is 0 Å². The minimum atomic E-state index is -0.0582. The molecule has 0 radical (unpaired) electrons. The van der Waals surface area contributed by atoms with Crippen LogP contribution in [0.4, 0.5) is 5.69 Å². The number of aryl methyl sites for hydroxylation is 1. The second kappa shape index (κ2) is 5.89. The van der Waals surface area contributed by atoms with Crippen LogP contribution in [0, 0.1) is 6.92 Å². The predicted molar refractivity (Wildman–Crippen MR) is 75.5 cm³/mol. The fourth-order valence-electron chi connectivity index (χ4n) is 1.74. The molecule has 2 aromatic rings. The highest BCUT2D eigenvalue weighted by Gasteiger charge is 2.12. The van der Waals surface area contributed by atoms with E-state index >= 15 is 0 Å². The number of rotatable bonds is 5. The van der Waals surface area contributed by atoms with Crippen LogP contribution in [0.15, 0.2) is 36.4 Å². The summed E-state index contributed by atoms with van der Waals surface area (Å²) in [5, 5.41) is 12.8. The second-order valence-electron chi connectivity index (χ2n) is 4.06. The topological polar surface area (TPSA) is 41.5 Å². The summed E-state index contributed by atoms with van der Waals surface area (Å²) < 4.78 is 5.11. The summed E-state index contributed by atoms with van der Waals surface area (Å²) in [6, 6.07) is 11.8. The minimum Gasteiger partial charge on any atom is -0.497 e. The van der Waals surface area contributed by atoms with Gasteiger partial charge in [-0.05, 0) is 43.3 Å². The Kier molecular flexibility index (Phi) is 4.23. The van der Waals surface area contributed by atoms with Crippen molar-refractivity contribution in [2.75, 3.05) is 19.0 Å². The van der Waals surface area contributed by atoms with E-state index in [4.69, 9.17) is 4.74 Å². The van der Waals surface area contributed by atoms with Crippen LogP contribution in [-0.4, -0.2) is 18.8 Å². The van der Waals surface area contributed by atoms with E-state index in [-0.39, 0.29) is 12.6 Å². The van der Waals surface area contributed by atoms with Crippen LogP contribution >= 0.6 is 11.3 Å². The van der Waals surface area contributed by atoms with Crippen LogP contribution in [0.1, 0.15) is 15.8 Å². The van der Waals surface area contributed by atoms with E-state index in [1.807, 2.05) is 24.3 Å². The van der Waals surface area contributed by atoms with Gasteiger partial charge in [0.05, 0.1) is 19.8 Å². The van der Waals surface area contributed by atoms with Crippen molar-refractivity contribution in [3.63, 3.8) is 0 Å². The smallest absolute Gasteiger partial charge is 0.119 e. The first kappa shape index (κ1) is 12.9. The van der Waals surface area contributed by atoms with Gasteiger partial charge in [-0.2, -0.15) is 0 Å². The highest BCUT2D eigenvalue weighted by molar-refractivity contribution is 7.12. The molecule has 1 unspecified atom stereocenters. The van der Waals surface area contributed by atoms with E-state index in [2.05, 4.69) is 24.4 Å². The molecule has 0 aliphatic heterocycles. The lowest BCUT2D eigenvalue weighted by Crippen LogP contribution is -2.13. The SMILES string of the molecule is COc1ccc(NC(CO)c2ccc(C)s2)cc1. The predicted octanol–water partition coefficient (Wildman–Crippen LogP) is 3.21. The number of hydrogen-bond acceptors (Lipinski definition) is 4. The normalized spacial score (nSPS) is 12.2. The number of ether oxygens (including phenoxy) is 1. The van der Waals surface area contributed by atoms with Crippen molar-refractivity contribution in [3.05, 3.63) is 46.2 Å². The number of aliphatic hydroxyl groups excluding tert-OH is 1. The summed E-state index contributed by atoms with van der Waals surface area (Å²) in [6.07, 6.45) is 0. The average Bonchev–Trinajstić information content (AvgIpc) is 2.83. The van der Waals surface area contributed by atoms with Crippen molar-refractivity contribution in [3.8, 4) is 5.75 Å². The molecule has 2 rings (SSSR count). The van der Waals surface area contributed by atoms with Crippen molar-refractivity contribution >= 4 is 17.0 Å². The molecule has 3 nitrogen and oxygen atoms in total. The third kappa shape index (κ3) is 3.03. The molecule has 96 valence electrons. The highest BCUT2D eigenvalue weighted by Crippen LogP contribution is 2.26. The number of thiophene rings is 1. The van der Waals surface area contributed by atoms with Gasteiger partial charge in [-0.15, -0.1) is 11.3 Å². The van der Waals surface area contributed by atoms with Gasteiger partial charge in [-0.1, -0.05) is 0 Å². The van der Waals surface area contributed by atoms with E-state index in [1.165, 1.54) is 4.88 Å². The van der Waals surface area contributed by atoms with Gasteiger partial charge in [-0.3, -0.25) is 0 Å². The summed E-state index contributed by atoms with van der Waals surface area (Å²) in [7, 11) is 1.65. The van der Waals surface area contributed by atoms with Gasteiger partial charge in [0, 0.05) is 15.4 Å². The fourth-order valence-corrected chi connectivity index (χ4v) is 2.66. The quantitative estimate of drug-likeness (QED) is 0.870. The molecule has 1 heterocycles. The molecule has 0 aliphatic carbocycles. The molecular weight excluding hydrogens is 246 g/mol. The average molecular weight is 263 g/mol. The molecule has 2 N–H and O–H groups in total. The van der Waals surface area contributed by atoms with Crippen LogP contribution < -0.4 is 10.1 Å². The molecule has 1 atom stereocenters. The first-order valence-corrected chi connectivity index (χ1v) is 6.62. The molecule has 0 fully saturated rings. The van der Waals surface area contributed by atoms with E-state index in [9.17, 15) is 5.11 Å². The van der Waals surface area contributed by atoms with Crippen molar-refractivity contribution in [2.24, 2.45) is 0 Å². The molecule has 1 aromatic carbocycles. The third-order valence-corrected chi connectivity index (χ3v) is 3.83. The number of benzene rings is 1. The number of anilines is 1. The van der Waals surface area contributed by atoms with Crippen LogP contribution in [0.25, 0.3) is 0 Å². The molecule has 0 aliphatic rings. The van der Waals surface area contributed by atoms with Crippen molar-refractivity contribution in [1.29, 1.82) is 0 Å². The largest absolute Gasteiger partial charge is 0.497 e. The molecule has 0 saturated carbocycles. The summed E-state index contributed by atoms with van der Waals surface area (Å²) in [5.74, 6) is 0.827.